The van der Waals surface area contributed by atoms with Gasteiger partial charge in [0.05, 0.1) is 11.5 Å². The molecule has 0 unspecified atom stereocenters. The Labute approximate surface area is 182 Å². The number of amides is 3. The molecule has 3 N–H and O–H groups in total. The van der Waals surface area contributed by atoms with Crippen molar-refractivity contribution in [1.29, 1.82) is 0 Å². The first-order valence-corrected chi connectivity index (χ1v) is 10.9. The van der Waals surface area contributed by atoms with Crippen LogP contribution in [0.15, 0.2) is 42.5 Å². The van der Waals surface area contributed by atoms with Crippen LogP contribution in [0.5, 0.6) is 0 Å². The fraction of sp³-hybridized carbons (Fsp3) is 0.348. The number of anilines is 1. The lowest BCUT2D eigenvalue weighted by molar-refractivity contribution is -0.119. The predicted octanol–water partition coefficient (Wildman–Crippen LogP) is 3.73. The lowest BCUT2D eigenvalue weighted by Gasteiger charge is -2.19. The molecule has 0 atom stereocenters. The molecule has 0 aliphatic rings. The molecular formula is C23H29N3O3S. The van der Waals surface area contributed by atoms with Crippen molar-refractivity contribution >= 4 is 35.2 Å². The van der Waals surface area contributed by atoms with Crippen molar-refractivity contribution < 1.29 is 14.4 Å². The van der Waals surface area contributed by atoms with Crippen molar-refractivity contribution in [2.24, 2.45) is 0 Å². The molecule has 0 spiro atoms. The van der Waals surface area contributed by atoms with E-state index >= 15 is 0 Å². The van der Waals surface area contributed by atoms with Gasteiger partial charge in [0, 0.05) is 11.3 Å². The van der Waals surface area contributed by atoms with Gasteiger partial charge >= 0.3 is 0 Å². The molecule has 0 saturated heterocycles. The molecule has 2 rings (SSSR count). The van der Waals surface area contributed by atoms with E-state index in [-0.39, 0.29) is 34.6 Å². The molecule has 0 aliphatic carbocycles. The molecule has 0 aliphatic heterocycles. The Hall–Kier alpha value is -2.80. The van der Waals surface area contributed by atoms with E-state index in [1.54, 1.807) is 12.1 Å². The molecule has 2 aromatic rings. The molecule has 6 nitrogen and oxygen atoms in total. The van der Waals surface area contributed by atoms with Crippen molar-refractivity contribution in [3.8, 4) is 0 Å². The highest BCUT2D eigenvalue weighted by molar-refractivity contribution is 8.00. The fourth-order valence-corrected chi connectivity index (χ4v) is 3.35. The third kappa shape index (κ3) is 7.22. The van der Waals surface area contributed by atoms with Gasteiger partial charge in [0.25, 0.3) is 5.91 Å². The smallest absolute Gasteiger partial charge is 0.269 e. The van der Waals surface area contributed by atoms with Crippen molar-refractivity contribution in [3.63, 3.8) is 0 Å². The summed E-state index contributed by atoms with van der Waals surface area (Å²) < 4.78 is 0. The molecule has 0 fully saturated rings. The van der Waals surface area contributed by atoms with Crippen LogP contribution < -0.4 is 16.2 Å². The first-order valence-electron chi connectivity index (χ1n) is 9.71. The van der Waals surface area contributed by atoms with E-state index in [0.29, 0.717) is 5.56 Å². The van der Waals surface area contributed by atoms with Gasteiger partial charge in [0.15, 0.2) is 0 Å². The molecule has 0 aromatic heterocycles. The van der Waals surface area contributed by atoms with Crippen LogP contribution >= 0.6 is 11.8 Å². The Morgan fingerprint density at radius 1 is 0.867 bits per heavy atom. The van der Waals surface area contributed by atoms with E-state index < -0.39 is 0 Å². The number of nitrogens with one attached hydrogen (secondary N) is 3. The standard InChI is InChI=1S/C23H29N3O3S/c1-15-6-11-19(16(2)12-15)24-20(27)13-30-14-21(28)25-26-22(29)17-7-9-18(10-8-17)23(3,4)5/h6-12H,13-14H2,1-5H3,(H,24,27)(H,25,28)(H,26,29). The third-order valence-electron chi connectivity index (χ3n) is 4.45. The topological polar surface area (TPSA) is 87.3 Å². The molecule has 2 aromatic carbocycles. The van der Waals surface area contributed by atoms with E-state index in [4.69, 9.17) is 0 Å². The second-order valence-corrected chi connectivity index (χ2v) is 9.17. The zero-order valence-electron chi connectivity index (χ0n) is 18.1. The highest BCUT2D eigenvalue weighted by atomic mass is 32.2. The molecule has 0 radical (unpaired) electrons. The maximum absolute atomic E-state index is 12.2. The number of benzene rings is 2. The lowest BCUT2D eigenvalue weighted by Crippen LogP contribution is -2.42. The summed E-state index contributed by atoms with van der Waals surface area (Å²) >= 11 is 1.17. The first-order chi connectivity index (χ1) is 14.1. The van der Waals surface area contributed by atoms with Crippen LogP contribution in [0.25, 0.3) is 0 Å². The number of hydrogen-bond donors (Lipinski definition) is 3. The average Bonchev–Trinajstić information content (AvgIpc) is 2.67. The molecular weight excluding hydrogens is 398 g/mol. The van der Waals surface area contributed by atoms with E-state index in [1.807, 2.05) is 44.2 Å². The van der Waals surface area contributed by atoms with E-state index in [0.717, 1.165) is 22.4 Å². The highest BCUT2D eigenvalue weighted by Crippen LogP contribution is 2.22. The summed E-state index contributed by atoms with van der Waals surface area (Å²) in [6.45, 7) is 10.2. The van der Waals surface area contributed by atoms with Crippen LogP contribution in [-0.4, -0.2) is 29.2 Å². The Morgan fingerprint density at radius 2 is 1.50 bits per heavy atom. The number of aryl methyl sites for hydroxylation is 2. The number of carbonyl (C=O) groups excluding carboxylic acids is 3. The molecule has 3 amide bonds. The average molecular weight is 428 g/mol. The van der Waals surface area contributed by atoms with Gasteiger partial charge in [-0.25, -0.2) is 0 Å². The van der Waals surface area contributed by atoms with Crippen molar-refractivity contribution in [2.45, 2.75) is 40.0 Å². The fourth-order valence-electron chi connectivity index (χ4n) is 2.73. The van der Waals surface area contributed by atoms with Crippen LogP contribution in [-0.2, 0) is 15.0 Å². The number of carbonyl (C=O) groups is 3. The van der Waals surface area contributed by atoms with Gasteiger partial charge in [-0.3, -0.25) is 25.2 Å². The second kappa shape index (κ2) is 10.3. The molecule has 0 bridgehead atoms. The SMILES string of the molecule is Cc1ccc(NC(=O)CSCC(=O)NNC(=O)c2ccc(C(C)(C)C)cc2)c(C)c1. The largest absolute Gasteiger partial charge is 0.325 e. The summed E-state index contributed by atoms with van der Waals surface area (Å²) in [7, 11) is 0. The minimum absolute atomic E-state index is 0.00485. The molecule has 30 heavy (non-hydrogen) atoms. The van der Waals surface area contributed by atoms with Gasteiger partial charge in [0.2, 0.25) is 11.8 Å². The molecule has 160 valence electrons. The van der Waals surface area contributed by atoms with Crippen molar-refractivity contribution in [1.82, 2.24) is 10.9 Å². The van der Waals surface area contributed by atoms with E-state index in [9.17, 15) is 14.4 Å². The lowest BCUT2D eigenvalue weighted by atomic mass is 9.87. The van der Waals surface area contributed by atoms with Gasteiger partial charge in [-0.15, -0.1) is 11.8 Å². The normalized spacial score (nSPS) is 11.0. The number of rotatable bonds is 6. The second-order valence-electron chi connectivity index (χ2n) is 8.19. The summed E-state index contributed by atoms with van der Waals surface area (Å²) in [5.41, 5.74) is 9.24. The van der Waals surface area contributed by atoms with Crippen LogP contribution in [0.2, 0.25) is 0 Å². The molecule has 7 heteroatoms. The summed E-state index contributed by atoms with van der Waals surface area (Å²) in [4.78, 5) is 36.1. The highest BCUT2D eigenvalue weighted by Gasteiger charge is 2.14. The quantitative estimate of drug-likeness (QED) is 0.613. The van der Waals surface area contributed by atoms with Crippen LogP contribution in [0.3, 0.4) is 0 Å². The monoisotopic (exact) mass is 427 g/mol. The summed E-state index contributed by atoms with van der Waals surface area (Å²) in [6.07, 6.45) is 0. The Bertz CT molecular complexity index is 918. The van der Waals surface area contributed by atoms with Gasteiger partial charge in [-0.2, -0.15) is 0 Å². The predicted molar refractivity (Wildman–Crippen MR) is 123 cm³/mol. The van der Waals surface area contributed by atoms with Crippen LogP contribution in [0.4, 0.5) is 5.69 Å². The summed E-state index contributed by atoms with van der Waals surface area (Å²) in [5, 5.41) is 2.84. The molecule has 0 saturated carbocycles. The van der Waals surface area contributed by atoms with Crippen molar-refractivity contribution in [3.05, 3.63) is 64.7 Å². The zero-order chi connectivity index (χ0) is 22.3. The number of hydrazine groups is 1. The molecule has 0 heterocycles. The third-order valence-corrected chi connectivity index (χ3v) is 5.38. The van der Waals surface area contributed by atoms with Gasteiger partial charge in [-0.1, -0.05) is 50.6 Å². The Morgan fingerprint density at radius 3 is 2.10 bits per heavy atom. The zero-order valence-corrected chi connectivity index (χ0v) is 18.9. The van der Waals surface area contributed by atoms with Crippen LogP contribution in [0, 0.1) is 13.8 Å². The number of hydrogen-bond acceptors (Lipinski definition) is 4. The van der Waals surface area contributed by atoms with Crippen LogP contribution in [0.1, 0.15) is 47.8 Å². The van der Waals surface area contributed by atoms with Gasteiger partial charge < -0.3 is 5.32 Å². The maximum Gasteiger partial charge on any atom is 0.269 e. The maximum atomic E-state index is 12.2. The Kier molecular flexibility index (Phi) is 8.06. The minimum atomic E-state index is -0.388. The van der Waals surface area contributed by atoms with E-state index in [1.165, 1.54) is 11.8 Å². The van der Waals surface area contributed by atoms with Crippen molar-refractivity contribution in [2.75, 3.05) is 16.8 Å². The summed E-state index contributed by atoms with van der Waals surface area (Å²) in [6, 6.07) is 13.1. The minimum Gasteiger partial charge on any atom is -0.325 e. The van der Waals surface area contributed by atoms with Gasteiger partial charge in [0.1, 0.15) is 0 Å². The van der Waals surface area contributed by atoms with E-state index in [2.05, 4.69) is 36.9 Å². The first kappa shape index (κ1) is 23.5. The number of thioether (sulfide) groups is 1. The van der Waals surface area contributed by atoms with Gasteiger partial charge in [-0.05, 0) is 48.6 Å². The summed E-state index contributed by atoms with van der Waals surface area (Å²) in [5.74, 6) is -0.741. The Balaban J connectivity index is 1.71.